The largest absolute Gasteiger partial charge is 0.390 e. The summed E-state index contributed by atoms with van der Waals surface area (Å²) in [5.74, 6) is 1.24. The quantitative estimate of drug-likeness (QED) is 0.416. The van der Waals surface area contributed by atoms with Gasteiger partial charge in [-0.25, -0.2) is 9.97 Å². The van der Waals surface area contributed by atoms with Crippen LogP contribution < -0.4 is 0 Å². The van der Waals surface area contributed by atoms with Gasteiger partial charge in [0.25, 0.3) is 0 Å². The summed E-state index contributed by atoms with van der Waals surface area (Å²) in [5.41, 5.74) is 6.32. The van der Waals surface area contributed by atoms with Crippen LogP contribution in [-0.4, -0.2) is 30.1 Å². The Balaban J connectivity index is 1.50. The Morgan fingerprint density at radius 1 is 0.969 bits per heavy atom. The van der Waals surface area contributed by atoms with Gasteiger partial charge in [-0.1, -0.05) is 48.5 Å². The van der Waals surface area contributed by atoms with Gasteiger partial charge in [-0.2, -0.15) is 0 Å². The lowest BCUT2D eigenvalue weighted by atomic mass is 9.72. The van der Waals surface area contributed by atoms with E-state index in [1.165, 1.54) is 0 Å². The van der Waals surface area contributed by atoms with Crippen molar-refractivity contribution in [3.63, 3.8) is 0 Å². The maximum atomic E-state index is 10.3. The number of benzene rings is 2. The van der Waals surface area contributed by atoms with Crippen molar-refractivity contribution >= 4 is 16.4 Å². The zero-order chi connectivity index (χ0) is 21.9. The van der Waals surface area contributed by atoms with E-state index < -0.39 is 5.60 Å². The highest BCUT2D eigenvalue weighted by molar-refractivity contribution is 5.89. The van der Waals surface area contributed by atoms with Crippen LogP contribution in [0.2, 0.25) is 0 Å². The van der Waals surface area contributed by atoms with E-state index in [9.17, 15) is 5.11 Å². The van der Waals surface area contributed by atoms with Crippen molar-refractivity contribution in [3.8, 4) is 22.5 Å². The van der Waals surface area contributed by atoms with Crippen LogP contribution >= 0.6 is 0 Å². The Morgan fingerprint density at radius 2 is 1.75 bits per heavy atom. The molecule has 1 aliphatic rings. The van der Waals surface area contributed by atoms with Crippen LogP contribution in [0.3, 0.4) is 0 Å². The summed E-state index contributed by atoms with van der Waals surface area (Å²) in [6.45, 7) is 3.92. The minimum absolute atomic E-state index is 0.247. The fraction of sp³-hybridized carbons (Fsp3) is 0.222. The lowest BCUT2D eigenvalue weighted by molar-refractivity contribution is -0.0335. The predicted octanol–water partition coefficient (Wildman–Crippen LogP) is 5.55. The Morgan fingerprint density at radius 3 is 2.53 bits per heavy atom. The van der Waals surface area contributed by atoms with Gasteiger partial charge in [0.15, 0.2) is 0 Å². The molecule has 0 bridgehead atoms. The number of imidazole rings is 1. The molecular formula is C27H24N4O. The molecule has 0 amide bonds. The monoisotopic (exact) mass is 420 g/mol. The molecule has 0 aliphatic heterocycles. The number of pyridine rings is 1. The van der Waals surface area contributed by atoms with Crippen molar-refractivity contribution in [1.29, 1.82) is 0 Å². The first-order valence-electron chi connectivity index (χ1n) is 11.0. The van der Waals surface area contributed by atoms with E-state index in [2.05, 4.69) is 51.8 Å². The second-order valence-corrected chi connectivity index (χ2v) is 9.12. The fourth-order valence-corrected chi connectivity index (χ4v) is 4.93. The van der Waals surface area contributed by atoms with E-state index in [0.29, 0.717) is 0 Å². The van der Waals surface area contributed by atoms with Crippen molar-refractivity contribution in [2.24, 2.45) is 0 Å². The molecule has 0 unspecified atom stereocenters. The number of fused-ring (bicyclic) bond motifs is 2. The van der Waals surface area contributed by atoms with Gasteiger partial charge >= 0.3 is 0 Å². The van der Waals surface area contributed by atoms with Gasteiger partial charge in [0.1, 0.15) is 5.82 Å². The minimum Gasteiger partial charge on any atom is -0.390 e. The van der Waals surface area contributed by atoms with Crippen molar-refractivity contribution in [2.75, 3.05) is 0 Å². The molecule has 2 aromatic carbocycles. The van der Waals surface area contributed by atoms with Crippen LogP contribution in [0, 0.1) is 6.92 Å². The normalized spacial score (nSPS) is 20.5. The summed E-state index contributed by atoms with van der Waals surface area (Å²) in [7, 11) is 0. The molecule has 1 fully saturated rings. The molecule has 0 spiro atoms. The second kappa shape index (κ2) is 6.97. The average molecular weight is 421 g/mol. The Labute approximate surface area is 186 Å². The molecule has 158 valence electrons. The van der Waals surface area contributed by atoms with Crippen LogP contribution in [0.1, 0.15) is 37.2 Å². The van der Waals surface area contributed by atoms with E-state index >= 15 is 0 Å². The molecule has 1 aliphatic carbocycles. The Hall–Kier alpha value is -3.57. The molecule has 1 saturated carbocycles. The minimum atomic E-state index is -0.598. The SMILES string of the molecule is Cc1nccn2c(C3CC(C)(O)C3)nc(-c3ccc4ccc(-c5ccccc5)nc4c3)c12. The summed E-state index contributed by atoms with van der Waals surface area (Å²) in [5, 5.41) is 11.4. The van der Waals surface area contributed by atoms with Gasteiger partial charge in [0, 0.05) is 34.8 Å². The highest BCUT2D eigenvalue weighted by Gasteiger charge is 2.41. The third kappa shape index (κ3) is 3.09. The molecule has 3 heterocycles. The molecule has 5 heteroatoms. The van der Waals surface area contributed by atoms with Crippen molar-refractivity contribution in [2.45, 2.75) is 38.2 Å². The van der Waals surface area contributed by atoms with Gasteiger partial charge in [-0.3, -0.25) is 9.38 Å². The van der Waals surface area contributed by atoms with Crippen LogP contribution in [0.25, 0.3) is 38.9 Å². The number of aliphatic hydroxyl groups is 1. The molecular weight excluding hydrogens is 396 g/mol. The van der Waals surface area contributed by atoms with E-state index in [-0.39, 0.29) is 5.92 Å². The van der Waals surface area contributed by atoms with Crippen LogP contribution in [0.4, 0.5) is 0 Å². The summed E-state index contributed by atoms with van der Waals surface area (Å²) in [4.78, 5) is 14.5. The molecule has 32 heavy (non-hydrogen) atoms. The highest BCUT2D eigenvalue weighted by Crippen LogP contribution is 2.45. The maximum Gasteiger partial charge on any atom is 0.117 e. The van der Waals surface area contributed by atoms with E-state index in [4.69, 9.17) is 9.97 Å². The third-order valence-electron chi connectivity index (χ3n) is 6.54. The summed E-state index contributed by atoms with van der Waals surface area (Å²) < 4.78 is 2.15. The zero-order valence-electron chi connectivity index (χ0n) is 18.2. The second-order valence-electron chi connectivity index (χ2n) is 9.12. The third-order valence-corrected chi connectivity index (χ3v) is 6.54. The Bertz CT molecular complexity index is 1460. The lowest BCUT2D eigenvalue weighted by Crippen LogP contribution is -2.40. The van der Waals surface area contributed by atoms with Crippen molar-refractivity contribution in [3.05, 3.63) is 84.6 Å². The smallest absolute Gasteiger partial charge is 0.117 e. The van der Waals surface area contributed by atoms with Crippen LogP contribution in [-0.2, 0) is 0 Å². The Kier molecular flexibility index (Phi) is 4.17. The van der Waals surface area contributed by atoms with Gasteiger partial charge in [-0.15, -0.1) is 0 Å². The molecule has 1 N–H and O–H groups in total. The van der Waals surface area contributed by atoms with E-state index in [0.717, 1.165) is 63.3 Å². The van der Waals surface area contributed by atoms with Crippen LogP contribution in [0.5, 0.6) is 0 Å². The first-order valence-corrected chi connectivity index (χ1v) is 11.0. The molecule has 0 atom stereocenters. The fourth-order valence-electron chi connectivity index (χ4n) is 4.93. The van der Waals surface area contributed by atoms with Gasteiger partial charge < -0.3 is 5.11 Å². The lowest BCUT2D eigenvalue weighted by Gasteiger charge is -2.40. The average Bonchev–Trinajstić information content (AvgIpc) is 3.18. The standard InChI is InChI=1S/C27H24N4O/c1-17-25-24(30-26(31(25)13-12-28-17)21-15-27(2,32)16-21)20-9-8-19-10-11-22(29-23(19)14-20)18-6-4-3-5-7-18/h3-14,21,32H,15-16H2,1-2H3. The summed E-state index contributed by atoms with van der Waals surface area (Å²) in [6.07, 6.45) is 5.26. The number of rotatable bonds is 3. The number of hydrogen-bond donors (Lipinski definition) is 1. The van der Waals surface area contributed by atoms with Gasteiger partial charge in [0.05, 0.1) is 33.7 Å². The van der Waals surface area contributed by atoms with Crippen molar-refractivity contribution < 1.29 is 5.11 Å². The van der Waals surface area contributed by atoms with E-state index in [1.54, 1.807) is 0 Å². The first-order chi connectivity index (χ1) is 15.5. The van der Waals surface area contributed by atoms with Gasteiger partial charge in [0.2, 0.25) is 0 Å². The molecule has 3 aromatic heterocycles. The molecule has 6 rings (SSSR count). The first kappa shape index (κ1) is 19.1. The number of aryl methyl sites for hydroxylation is 1. The molecule has 5 nitrogen and oxygen atoms in total. The molecule has 0 saturated heterocycles. The molecule has 5 aromatic rings. The van der Waals surface area contributed by atoms with Gasteiger partial charge in [-0.05, 0) is 38.8 Å². The summed E-state index contributed by atoms with van der Waals surface area (Å²) >= 11 is 0. The van der Waals surface area contributed by atoms with E-state index in [1.807, 2.05) is 44.4 Å². The predicted molar refractivity (Wildman–Crippen MR) is 126 cm³/mol. The summed E-state index contributed by atoms with van der Waals surface area (Å²) in [6, 6.07) is 20.8. The number of hydrogen-bond acceptors (Lipinski definition) is 4. The topological polar surface area (TPSA) is 63.3 Å². The van der Waals surface area contributed by atoms with Crippen LogP contribution in [0.15, 0.2) is 73.1 Å². The zero-order valence-corrected chi connectivity index (χ0v) is 18.2. The number of aromatic nitrogens is 4. The molecule has 0 radical (unpaired) electrons. The van der Waals surface area contributed by atoms with Crippen molar-refractivity contribution in [1.82, 2.24) is 19.4 Å². The highest BCUT2D eigenvalue weighted by atomic mass is 16.3. The number of nitrogens with zero attached hydrogens (tertiary/aromatic N) is 4. The maximum absolute atomic E-state index is 10.3.